The lowest BCUT2D eigenvalue weighted by Crippen LogP contribution is -2.33. The lowest BCUT2D eigenvalue weighted by Gasteiger charge is -2.30. The molecule has 4 nitrogen and oxygen atoms in total. The molecule has 4 heteroatoms. The molecule has 6 aromatic rings. The summed E-state index contributed by atoms with van der Waals surface area (Å²) < 4.78 is 2.42. The standard InChI is InChI=1S/C42H44N4/c1-28(2)33-22-16-23-34(29(3)4)40(33)44-27-45(43-41(44)30-17-10-8-11-18-30)37-25-31(42(5,6)7)26-38-39(37)35-21-14-15-24-36(35)46(38)32-19-12-9-13-20-32/h8-26,28-29H,27H2,1-7H3. The zero-order valence-electron chi connectivity index (χ0n) is 28.1. The second kappa shape index (κ2) is 11.5. The Kier molecular flexibility index (Phi) is 7.47. The molecule has 0 spiro atoms. The minimum atomic E-state index is -0.0542. The molecule has 0 radical (unpaired) electrons. The Hall–Kier alpha value is -4.83. The van der Waals surface area contributed by atoms with Crippen molar-refractivity contribution >= 4 is 39.0 Å². The van der Waals surface area contributed by atoms with Crippen LogP contribution in [0.4, 0.5) is 11.4 Å². The van der Waals surface area contributed by atoms with E-state index in [2.05, 4.69) is 178 Å². The Bertz CT molecular complexity index is 2030. The van der Waals surface area contributed by atoms with Crippen molar-refractivity contribution in [2.24, 2.45) is 5.10 Å². The summed E-state index contributed by atoms with van der Waals surface area (Å²) in [5.74, 6) is 1.73. The van der Waals surface area contributed by atoms with E-state index in [4.69, 9.17) is 5.10 Å². The Morgan fingerprint density at radius 3 is 1.89 bits per heavy atom. The highest BCUT2D eigenvalue weighted by Crippen LogP contribution is 2.44. The van der Waals surface area contributed by atoms with Gasteiger partial charge in [0.2, 0.25) is 0 Å². The monoisotopic (exact) mass is 604 g/mol. The molecule has 0 saturated heterocycles. The number of para-hydroxylation sites is 3. The SMILES string of the molecule is CC(C)c1cccc(C(C)C)c1N1CN(c2cc(C(C)(C)C)cc3c2c2ccccc2n3-c2ccccc2)N=C1c1ccccc1. The van der Waals surface area contributed by atoms with Gasteiger partial charge in [-0.2, -0.15) is 5.10 Å². The number of hydrogen-bond acceptors (Lipinski definition) is 3. The summed E-state index contributed by atoms with van der Waals surface area (Å²) in [5.41, 5.74) is 11.0. The van der Waals surface area contributed by atoms with Gasteiger partial charge in [-0.25, -0.2) is 5.01 Å². The van der Waals surface area contributed by atoms with Crippen LogP contribution in [0.1, 0.15) is 82.6 Å². The lowest BCUT2D eigenvalue weighted by molar-refractivity contribution is 0.590. The van der Waals surface area contributed by atoms with Gasteiger partial charge < -0.3 is 9.47 Å². The van der Waals surface area contributed by atoms with Crippen molar-refractivity contribution in [2.75, 3.05) is 16.6 Å². The summed E-state index contributed by atoms with van der Waals surface area (Å²) in [5, 5.41) is 10.2. The van der Waals surface area contributed by atoms with Gasteiger partial charge in [-0.05, 0) is 64.3 Å². The van der Waals surface area contributed by atoms with Crippen LogP contribution in [0.2, 0.25) is 0 Å². The van der Waals surface area contributed by atoms with Gasteiger partial charge in [0.25, 0.3) is 0 Å². The number of hydrogen-bond donors (Lipinski definition) is 0. The molecule has 0 unspecified atom stereocenters. The maximum atomic E-state index is 5.52. The van der Waals surface area contributed by atoms with Crippen LogP contribution in [0.3, 0.4) is 0 Å². The highest BCUT2D eigenvalue weighted by Gasteiger charge is 2.33. The van der Waals surface area contributed by atoms with Crippen molar-refractivity contribution in [1.29, 1.82) is 0 Å². The maximum absolute atomic E-state index is 5.52. The second-order valence-corrected chi connectivity index (χ2v) is 14.2. The van der Waals surface area contributed by atoms with Crippen LogP contribution in [0.25, 0.3) is 27.5 Å². The van der Waals surface area contributed by atoms with Gasteiger partial charge in [0.15, 0.2) is 5.84 Å². The van der Waals surface area contributed by atoms with E-state index in [1.165, 1.54) is 44.2 Å². The van der Waals surface area contributed by atoms with Crippen molar-refractivity contribution in [3.05, 3.63) is 138 Å². The molecule has 0 N–H and O–H groups in total. The first-order valence-electron chi connectivity index (χ1n) is 16.6. The van der Waals surface area contributed by atoms with Crippen molar-refractivity contribution in [3.63, 3.8) is 0 Å². The van der Waals surface area contributed by atoms with Crippen LogP contribution < -0.4 is 9.91 Å². The number of anilines is 2. The number of benzene rings is 5. The fraction of sp³-hybridized carbons (Fsp3) is 0.262. The highest BCUT2D eigenvalue weighted by atomic mass is 15.6. The number of aromatic nitrogens is 1. The Morgan fingerprint density at radius 1 is 0.652 bits per heavy atom. The first kappa shape index (κ1) is 29.9. The van der Waals surface area contributed by atoms with E-state index in [0.717, 1.165) is 22.8 Å². The summed E-state index contributed by atoms with van der Waals surface area (Å²) in [6, 6.07) is 41.8. The van der Waals surface area contributed by atoms with E-state index in [0.29, 0.717) is 18.5 Å². The third-order valence-corrected chi connectivity index (χ3v) is 9.30. The van der Waals surface area contributed by atoms with Crippen LogP contribution in [-0.4, -0.2) is 17.1 Å². The molecular formula is C42H44N4. The molecule has 0 amide bonds. The average Bonchev–Trinajstić information content (AvgIpc) is 3.64. The lowest BCUT2D eigenvalue weighted by atomic mass is 9.86. The summed E-state index contributed by atoms with van der Waals surface area (Å²) >= 11 is 0. The van der Waals surface area contributed by atoms with Crippen molar-refractivity contribution in [3.8, 4) is 5.69 Å². The topological polar surface area (TPSA) is 23.8 Å². The molecule has 0 aliphatic carbocycles. The van der Waals surface area contributed by atoms with Gasteiger partial charge in [0, 0.05) is 22.0 Å². The third-order valence-electron chi connectivity index (χ3n) is 9.30. The molecule has 232 valence electrons. The third kappa shape index (κ3) is 5.06. The van der Waals surface area contributed by atoms with Crippen molar-refractivity contribution in [1.82, 2.24) is 4.57 Å². The second-order valence-electron chi connectivity index (χ2n) is 14.2. The molecule has 0 bridgehead atoms. The highest BCUT2D eigenvalue weighted by molar-refractivity contribution is 6.17. The molecule has 5 aromatic carbocycles. The molecule has 1 aliphatic heterocycles. The fourth-order valence-corrected chi connectivity index (χ4v) is 6.90. The predicted molar refractivity (Wildman–Crippen MR) is 197 cm³/mol. The van der Waals surface area contributed by atoms with E-state index in [-0.39, 0.29) is 5.41 Å². The van der Waals surface area contributed by atoms with E-state index >= 15 is 0 Å². The molecule has 0 saturated carbocycles. The molecule has 0 fully saturated rings. The zero-order chi connectivity index (χ0) is 32.2. The van der Waals surface area contributed by atoms with Gasteiger partial charge >= 0.3 is 0 Å². The van der Waals surface area contributed by atoms with Crippen LogP contribution in [0.15, 0.2) is 120 Å². The predicted octanol–water partition coefficient (Wildman–Crippen LogP) is 11.0. The van der Waals surface area contributed by atoms with Gasteiger partial charge in [0.05, 0.1) is 22.4 Å². The average molecular weight is 605 g/mol. The molecule has 2 heterocycles. The van der Waals surface area contributed by atoms with Crippen LogP contribution in [0, 0.1) is 0 Å². The van der Waals surface area contributed by atoms with Crippen LogP contribution >= 0.6 is 0 Å². The van der Waals surface area contributed by atoms with Crippen molar-refractivity contribution < 1.29 is 0 Å². The van der Waals surface area contributed by atoms with E-state index < -0.39 is 0 Å². The van der Waals surface area contributed by atoms with Gasteiger partial charge in [-0.3, -0.25) is 0 Å². The zero-order valence-corrected chi connectivity index (χ0v) is 28.1. The first-order chi connectivity index (χ1) is 22.1. The number of fused-ring (bicyclic) bond motifs is 3. The Balaban J connectivity index is 1.53. The first-order valence-corrected chi connectivity index (χ1v) is 16.6. The van der Waals surface area contributed by atoms with Crippen molar-refractivity contribution in [2.45, 2.75) is 65.7 Å². The summed E-state index contributed by atoms with van der Waals surface area (Å²) in [7, 11) is 0. The van der Waals surface area contributed by atoms with Gasteiger partial charge in [-0.15, -0.1) is 0 Å². The summed E-state index contributed by atoms with van der Waals surface area (Å²) in [6.45, 7) is 16.7. The number of nitrogens with zero attached hydrogens (tertiary/aromatic N) is 4. The number of hydrazone groups is 1. The van der Waals surface area contributed by atoms with E-state index in [9.17, 15) is 0 Å². The molecule has 1 aromatic heterocycles. The molecule has 7 rings (SSSR count). The van der Waals surface area contributed by atoms with Crippen LogP contribution in [0.5, 0.6) is 0 Å². The van der Waals surface area contributed by atoms with Crippen LogP contribution in [-0.2, 0) is 5.41 Å². The molecule has 46 heavy (non-hydrogen) atoms. The maximum Gasteiger partial charge on any atom is 0.162 e. The fourth-order valence-electron chi connectivity index (χ4n) is 6.90. The minimum absolute atomic E-state index is 0.0542. The smallest absolute Gasteiger partial charge is 0.162 e. The van der Waals surface area contributed by atoms with Gasteiger partial charge in [0.1, 0.15) is 6.67 Å². The molecule has 1 aliphatic rings. The quantitative estimate of drug-likeness (QED) is 0.189. The Labute approximate surface area is 273 Å². The summed E-state index contributed by atoms with van der Waals surface area (Å²) in [6.07, 6.45) is 0. The van der Waals surface area contributed by atoms with E-state index in [1.54, 1.807) is 0 Å². The van der Waals surface area contributed by atoms with Gasteiger partial charge in [-0.1, -0.05) is 133 Å². The molecule has 0 atom stereocenters. The number of rotatable bonds is 6. The summed E-state index contributed by atoms with van der Waals surface area (Å²) in [4.78, 5) is 2.46. The normalized spacial score (nSPS) is 13.9. The minimum Gasteiger partial charge on any atom is -0.309 e. The molecular weight excluding hydrogens is 560 g/mol. The Morgan fingerprint density at radius 2 is 1.26 bits per heavy atom. The number of amidine groups is 1. The van der Waals surface area contributed by atoms with E-state index in [1.807, 2.05) is 0 Å². The largest absolute Gasteiger partial charge is 0.309 e.